The van der Waals surface area contributed by atoms with Gasteiger partial charge < -0.3 is 9.15 Å². The molecule has 0 atom stereocenters. The SMILES string of the molecule is Cc1ccc(-c2oc3ccccc3c(=O)c2OCC(=O)c2ccc3ccccc3c2)cc1. The molecule has 0 bridgehead atoms. The maximum Gasteiger partial charge on any atom is 0.235 e. The number of benzene rings is 4. The van der Waals surface area contributed by atoms with E-state index in [2.05, 4.69) is 0 Å². The van der Waals surface area contributed by atoms with Gasteiger partial charge in [-0.25, -0.2) is 0 Å². The van der Waals surface area contributed by atoms with E-state index in [0.29, 0.717) is 27.9 Å². The van der Waals surface area contributed by atoms with Crippen molar-refractivity contribution in [2.24, 2.45) is 0 Å². The molecular weight excluding hydrogens is 400 g/mol. The molecule has 4 heteroatoms. The van der Waals surface area contributed by atoms with Gasteiger partial charge >= 0.3 is 0 Å². The number of carbonyl (C=O) groups is 1. The Balaban J connectivity index is 1.53. The average Bonchev–Trinajstić information content (AvgIpc) is 2.83. The highest BCUT2D eigenvalue weighted by Gasteiger charge is 2.19. The van der Waals surface area contributed by atoms with Gasteiger partial charge in [0.05, 0.1) is 5.39 Å². The Bertz CT molecular complexity index is 1510. The molecule has 0 N–H and O–H groups in total. The number of fused-ring (bicyclic) bond motifs is 2. The molecule has 1 aromatic heterocycles. The molecule has 4 aromatic carbocycles. The molecule has 5 aromatic rings. The number of hydrogen-bond acceptors (Lipinski definition) is 4. The van der Waals surface area contributed by atoms with E-state index >= 15 is 0 Å². The first kappa shape index (κ1) is 19.8. The maximum absolute atomic E-state index is 13.2. The predicted octanol–water partition coefficient (Wildman–Crippen LogP) is 6.18. The van der Waals surface area contributed by atoms with Crippen molar-refractivity contribution in [3.8, 4) is 17.1 Å². The zero-order chi connectivity index (χ0) is 22.1. The number of aryl methyl sites for hydroxylation is 1. The van der Waals surface area contributed by atoms with E-state index in [1.165, 1.54) is 0 Å². The van der Waals surface area contributed by atoms with E-state index in [9.17, 15) is 9.59 Å². The second kappa shape index (κ2) is 8.16. The van der Waals surface area contributed by atoms with Crippen LogP contribution in [0.5, 0.6) is 5.75 Å². The van der Waals surface area contributed by atoms with Crippen LogP contribution in [0.15, 0.2) is 100 Å². The van der Waals surface area contributed by atoms with Gasteiger partial charge in [-0.3, -0.25) is 9.59 Å². The quantitative estimate of drug-likeness (QED) is 0.319. The van der Waals surface area contributed by atoms with E-state index in [1.54, 1.807) is 24.3 Å². The van der Waals surface area contributed by atoms with Gasteiger partial charge in [0.1, 0.15) is 5.58 Å². The molecule has 5 rings (SSSR count). The lowest BCUT2D eigenvalue weighted by Crippen LogP contribution is -2.17. The summed E-state index contributed by atoms with van der Waals surface area (Å²) in [4.78, 5) is 26.1. The summed E-state index contributed by atoms with van der Waals surface area (Å²) >= 11 is 0. The van der Waals surface area contributed by atoms with Crippen LogP contribution >= 0.6 is 0 Å². The van der Waals surface area contributed by atoms with Crippen molar-refractivity contribution in [3.05, 3.63) is 112 Å². The molecule has 0 aliphatic carbocycles. The van der Waals surface area contributed by atoms with Crippen LogP contribution in [0, 0.1) is 6.92 Å². The summed E-state index contributed by atoms with van der Waals surface area (Å²) in [7, 11) is 0. The number of ether oxygens (including phenoxy) is 1. The molecule has 0 aliphatic heterocycles. The Morgan fingerprint density at radius 3 is 2.38 bits per heavy atom. The van der Waals surface area contributed by atoms with Crippen molar-refractivity contribution in [1.29, 1.82) is 0 Å². The van der Waals surface area contributed by atoms with E-state index in [0.717, 1.165) is 16.3 Å². The van der Waals surface area contributed by atoms with Crippen LogP contribution in [0.3, 0.4) is 0 Å². The molecule has 0 amide bonds. The zero-order valence-corrected chi connectivity index (χ0v) is 17.5. The molecule has 0 unspecified atom stereocenters. The summed E-state index contributed by atoms with van der Waals surface area (Å²) in [6.07, 6.45) is 0. The molecule has 0 radical (unpaired) electrons. The number of ketones is 1. The monoisotopic (exact) mass is 420 g/mol. The second-order valence-corrected chi connectivity index (χ2v) is 7.73. The first-order valence-electron chi connectivity index (χ1n) is 10.4. The number of hydrogen-bond donors (Lipinski definition) is 0. The molecular formula is C28H20O4. The molecule has 0 saturated heterocycles. The van der Waals surface area contributed by atoms with Gasteiger partial charge in [-0.2, -0.15) is 0 Å². The first-order chi connectivity index (χ1) is 15.6. The van der Waals surface area contributed by atoms with Crippen LogP contribution in [-0.2, 0) is 0 Å². The second-order valence-electron chi connectivity index (χ2n) is 7.73. The Morgan fingerprint density at radius 2 is 1.56 bits per heavy atom. The summed E-state index contributed by atoms with van der Waals surface area (Å²) < 4.78 is 11.9. The van der Waals surface area contributed by atoms with Gasteiger partial charge in [-0.05, 0) is 35.9 Å². The van der Waals surface area contributed by atoms with Crippen molar-refractivity contribution < 1.29 is 13.9 Å². The van der Waals surface area contributed by atoms with Gasteiger partial charge in [-0.1, -0.05) is 78.4 Å². The predicted molar refractivity (Wildman–Crippen MR) is 126 cm³/mol. The summed E-state index contributed by atoms with van der Waals surface area (Å²) in [6, 6.07) is 28.0. The molecule has 0 aliphatic rings. The lowest BCUT2D eigenvalue weighted by atomic mass is 10.0. The standard InChI is InChI=1S/C28H20O4/c1-18-10-12-20(13-11-18)27-28(26(30)23-8-4-5-9-25(23)32-27)31-17-24(29)22-15-14-19-6-2-3-7-21(19)16-22/h2-16H,17H2,1H3. The van der Waals surface area contributed by atoms with Gasteiger partial charge in [0, 0.05) is 11.1 Å². The molecule has 0 spiro atoms. The van der Waals surface area contributed by atoms with E-state index in [-0.39, 0.29) is 23.6 Å². The third kappa shape index (κ3) is 3.67. The van der Waals surface area contributed by atoms with Gasteiger partial charge in [0.2, 0.25) is 11.2 Å². The van der Waals surface area contributed by atoms with Crippen LogP contribution in [0.25, 0.3) is 33.1 Å². The highest BCUT2D eigenvalue weighted by molar-refractivity contribution is 6.01. The molecule has 32 heavy (non-hydrogen) atoms. The Kier molecular flexibility index (Phi) is 5.04. The fraction of sp³-hybridized carbons (Fsp3) is 0.0714. The third-order valence-electron chi connectivity index (χ3n) is 5.49. The van der Waals surface area contributed by atoms with E-state index in [4.69, 9.17) is 9.15 Å². The lowest BCUT2D eigenvalue weighted by Gasteiger charge is -2.12. The van der Waals surface area contributed by atoms with Crippen molar-refractivity contribution in [2.45, 2.75) is 6.92 Å². The van der Waals surface area contributed by atoms with Crippen LogP contribution in [0.4, 0.5) is 0 Å². The fourth-order valence-electron chi connectivity index (χ4n) is 3.73. The minimum atomic E-state index is -0.297. The Morgan fingerprint density at radius 1 is 0.844 bits per heavy atom. The summed E-state index contributed by atoms with van der Waals surface area (Å²) in [5.41, 5.74) is 2.51. The minimum Gasteiger partial charge on any atom is -0.478 e. The maximum atomic E-state index is 13.2. The van der Waals surface area contributed by atoms with E-state index < -0.39 is 0 Å². The van der Waals surface area contributed by atoms with Crippen LogP contribution < -0.4 is 10.2 Å². The number of rotatable bonds is 5. The summed E-state index contributed by atoms with van der Waals surface area (Å²) in [5.74, 6) is 0.153. The van der Waals surface area contributed by atoms with Crippen molar-refractivity contribution in [1.82, 2.24) is 0 Å². The molecule has 4 nitrogen and oxygen atoms in total. The minimum absolute atomic E-state index is 0.0432. The normalized spacial score (nSPS) is 11.0. The topological polar surface area (TPSA) is 56.5 Å². The largest absolute Gasteiger partial charge is 0.478 e. The van der Waals surface area contributed by atoms with Crippen molar-refractivity contribution in [3.63, 3.8) is 0 Å². The molecule has 0 fully saturated rings. The first-order valence-corrected chi connectivity index (χ1v) is 10.4. The van der Waals surface area contributed by atoms with E-state index in [1.807, 2.05) is 73.7 Å². The Labute approximate surface area is 184 Å². The smallest absolute Gasteiger partial charge is 0.235 e. The van der Waals surface area contributed by atoms with Crippen molar-refractivity contribution >= 4 is 27.5 Å². The molecule has 156 valence electrons. The summed E-state index contributed by atoms with van der Waals surface area (Å²) in [6.45, 7) is 1.72. The highest BCUT2D eigenvalue weighted by atomic mass is 16.5. The third-order valence-corrected chi connectivity index (χ3v) is 5.49. The summed E-state index contributed by atoms with van der Waals surface area (Å²) in [5, 5.41) is 2.45. The van der Waals surface area contributed by atoms with Crippen molar-refractivity contribution in [2.75, 3.05) is 6.61 Å². The van der Waals surface area contributed by atoms with Gasteiger partial charge in [0.25, 0.3) is 0 Å². The fourth-order valence-corrected chi connectivity index (χ4v) is 3.73. The highest BCUT2D eigenvalue weighted by Crippen LogP contribution is 2.31. The van der Waals surface area contributed by atoms with Gasteiger partial charge in [-0.15, -0.1) is 0 Å². The molecule has 0 saturated carbocycles. The average molecular weight is 420 g/mol. The van der Waals surface area contributed by atoms with Crippen LogP contribution in [-0.4, -0.2) is 12.4 Å². The number of Topliss-reactive ketones (excluding diaryl/α,β-unsaturated/α-hetero) is 1. The van der Waals surface area contributed by atoms with Gasteiger partial charge in [0.15, 0.2) is 18.2 Å². The van der Waals surface area contributed by atoms with Crippen LogP contribution in [0.2, 0.25) is 0 Å². The Hall–Kier alpha value is -4.18. The number of para-hydroxylation sites is 1. The zero-order valence-electron chi connectivity index (χ0n) is 17.5. The molecule has 1 heterocycles. The number of carbonyl (C=O) groups excluding carboxylic acids is 1. The lowest BCUT2D eigenvalue weighted by molar-refractivity contribution is 0.0920. The van der Waals surface area contributed by atoms with Crippen LogP contribution in [0.1, 0.15) is 15.9 Å².